The van der Waals surface area contributed by atoms with Gasteiger partial charge in [-0.1, -0.05) is 91.0 Å². The lowest BCUT2D eigenvalue weighted by atomic mass is 10.0. The minimum absolute atomic E-state index is 0.121. The standard InChI is InChI=1S/C14H12O2.C8H8O/c15-13(11-7-3-1-4-8-11)14(16)12-9-5-2-6-10-12;1-7(9)8-5-3-2-4-6-8/h1-10,13,15H;2-6H,1H3. The van der Waals surface area contributed by atoms with Gasteiger partial charge in [-0.05, 0) is 12.5 Å². The van der Waals surface area contributed by atoms with Gasteiger partial charge in [-0.15, -0.1) is 0 Å². The number of aliphatic hydroxyl groups is 1. The van der Waals surface area contributed by atoms with Crippen LogP contribution in [0.15, 0.2) is 91.0 Å². The Balaban J connectivity index is 0.000000212. The van der Waals surface area contributed by atoms with Crippen LogP contribution in [0.4, 0.5) is 0 Å². The molecule has 0 aliphatic carbocycles. The number of Topliss-reactive ketones (excluding diaryl/α,β-unsaturated/α-hetero) is 2. The monoisotopic (exact) mass is 332 g/mol. The van der Waals surface area contributed by atoms with E-state index in [0.29, 0.717) is 11.1 Å². The topological polar surface area (TPSA) is 54.4 Å². The first-order chi connectivity index (χ1) is 12.1. The Morgan fingerprint density at radius 3 is 1.48 bits per heavy atom. The molecule has 3 aromatic rings. The number of hydrogen-bond donors (Lipinski definition) is 1. The van der Waals surface area contributed by atoms with Gasteiger partial charge >= 0.3 is 0 Å². The average molecular weight is 332 g/mol. The lowest BCUT2D eigenvalue weighted by Crippen LogP contribution is -2.11. The van der Waals surface area contributed by atoms with Crippen molar-refractivity contribution in [3.05, 3.63) is 108 Å². The molecule has 0 aromatic heterocycles. The summed E-state index contributed by atoms with van der Waals surface area (Å²) in [4.78, 5) is 22.5. The predicted molar refractivity (Wildman–Crippen MR) is 98.6 cm³/mol. The van der Waals surface area contributed by atoms with Crippen molar-refractivity contribution in [3.8, 4) is 0 Å². The first-order valence-corrected chi connectivity index (χ1v) is 7.98. The quantitative estimate of drug-likeness (QED) is 0.716. The van der Waals surface area contributed by atoms with Crippen molar-refractivity contribution < 1.29 is 14.7 Å². The summed E-state index contributed by atoms with van der Waals surface area (Å²) in [5.41, 5.74) is 1.92. The summed E-state index contributed by atoms with van der Waals surface area (Å²) in [5, 5.41) is 9.89. The lowest BCUT2D eigenvalue weighted by molar-refractivity contribution is 0.0747. The zero-order valence-corrected chi connectivity index (χ0v) is 14.0. The van der Waals surface area contributed by atoms with Gasteiger partial charge in [-0.3, -0.25) is 9.59 Å². The van der Waals surface area contributed by atoms with Gasteiger partial charge in [0.1, 0.15) is 6.10 Å². The first kappa shape index (κ1) is 18.3. The number of hydrogen-bond acceptors (Lipinski definition) is 3. The van der Waals surface area contributed by atoms with E-state index in [1.807, 2.05) is 42.5 Å². The first-order valence-electron chi connectivity index (χ1n) is 7.98. The van der Waals surface area contributed by atoms with Crippen LogP contribution < -0.4 is 0 Å². The second kappa shape index (κ2) is 9.30. The Morgan fingerprint density at radius 1 is 0.680 bits per heavy atom. The summed E-state index contributed by atoms with van der Waals surface area (Å²) in [6.07, 6.45) is -1.08. The van der Waals surface area contributed by atoms with Crippen molar-refractivity contribution in [2.75, 3.05) is 0 Å². The van der Waals surface area contributed by atoms with E-state index in [1.165, 1.54) is 0 Å². The van der Waals surface area contributed by atoms with E-state index in [9.17, 15) is 14.7 Å². The second-order valence-electron chi connectivity index (χ2n) is 5.47. The molecule has 3 rings (SSSR count). The largest absolute Gasteiger partial charge is 0.380 e. The third-order valence-corrected chi connectivity index (χ3v) is 3.60. The summed E-state index contributed by atoms with van der Waals surface area (Å²) in [6.45, 7) is 1.56. The van der Waals surface area contributed by atoms with Crippen LogP contribution in [0.25, 0.3) is 0 Å². The van der Waals surface area contributed by atoms with Gasteiger partial charge < -0.3 is 5.11 Å². The third-order valence-electron chi connectivity index (χ3n) is 3.60. The smallest absolute Gasteiger partial charge is 0.195 e. The van der Waals surface area contributed by atoms with Crippen LogP contribution in [-0.4, -0.2) is 16.7 Å². The number of carbonyl (C=O) groups is 2. The van der Waals surface area contributed by atoms with Gasteiger partial charge in [0, 0.05) is 11.1 Å². The van der Waals surface area contributed by atoms with Gasteiger partial charge in [0.2, 0.25) is 0 Å². The molecule has 0 fully saturated rings. The predicted octanol–water partition coefficient (Wildman–Crippen LogP) is 4.49. The van der Waals surface area contributed by atoms with Crippen LogP contribution in [-0.2, 0) is 0 Å². The molecule has 3 aromatic carbocycles. The van der Waals surface area contributed by atoms with Crippen LogP contribution in [0, 0.1) is 0 Å². The fraction of sp³-hybridized carbons (Fsp3) is 0.0909. The van der Waals surface area contributed by atoms with Gasteiger partial charge in [-0.2, -0.15) is 0 Å². The highest BCUT2D eigenvalue weighted by Gasteiger charge is 2.18. The van der Waals surface area contributed by atoms with Crippen molar-refractivity contribution in [3.63, 3.8) is 0 Å². The third kappa shape index (κ3) is 5.52. The number of rotatable bonds is 4. The second-order valence-corrected chi connectivity index (χ2v) is 5.47. The molecule has 0 heterocycles. The van der Waals surface area contributed by atoms with Crippen molar-refractivity contribution in [2.45, 2.75) is 13.0 Å². The molecular weight excluding hydrogens is 312 g/mol. The molecular formula is C22H20O3. The number of ketones is 2. The fourth-order valence-electron chi connectivity index (χ4n) is 2.22. The molecule has 0 saturated heterocycles. The Hall–Kier alpha value is -3.04. The number of aliphatic hydroxyl groups excluding tert-OH is 1. The molecule has 1 unspecified atom stereocenters. The molecule has 0 amide bonds. The minimum Gasteiger partial charge on any atom is -0.380 e. The van der Waals surface area contributed by atoms with Gasteiger partial charge in [0.05, 0.1) is 0 Å². The normalized spacial score (nSPS) is 11.0. The minimum atomic E-state index is -1.08. The average Bonchev–Trinajstić information content (AvgIpc) is 2.69. The molecule has 126 valence electrons. The lowest BCUT2D eigenvalue weighted by Gasteiger charge is -2.09. The van der Waals surface area contributed by atoms with Crippen molar-refractivity contribution in [1.29, 1.82) is 0 Å². The van der Waals surface area contributed by atoms with E-state index in [4.69, 9.17) is 0 Å². The zero-order chi connectivity index (χ0) is 18.1. The molecule has 0 bridgehead atoms. The molecule has 1 N–H and O–H groups in total. The van der Waals surface area contributed by atoms with Crippen LogP contribution in [0.1, 0.15) is 39.3 Å². The van der Waals surface area contributed by atoms with Crippen LogP contribution in [0.3, 0.4) is 0 Å². The summed E-state index contributed by atoms with van der Waals surface area (Å²) in [7, 11) is 0. The van der Waals surface area contributed by atoms with E-state index < -0.39 is 6.10 Å². The Labute approximate surface area is 147 Å². The zero-order valence-electron chi connectivity index (χ0n) is 14.0. The molecule has 3 nitrogen and oxygen atoms in total. The molecule has 0 spiro atoms. The van der Waals surface area contributed by atoms with Crippen molar-refractivity contribution in [2.24, 2.45) is 0 Å². The number of carbonyl (C=O) groups excluding carboxylic acids is 2. The van der Waals surface area contributed by atoms with E-state index in [1.54, 1.807) is 55.5 Å². The Kier molecular flexibility index (Phi) is 6.81. The Morgan fingerprint density at radius 2 is 1.08 bits per heavy atom. The van der Waals surface area contributed by atoms with E-state index in [2.05, 4.69) is 0 Å². The van der Waals surface area contributed by atoms with Gasteiger partial charge in [0.15, 0.2) is 11.6 Å². The summed E-state index contributed by atoms with van der Waals surface area (Å²) in [6, 6.07) is 27.0. The summed E-state index contributed by atoms with van der Waals surface area (Å²) < 4.78 is 0. The Bertz CT molecular complexity index is 796. The van der Waals surface area contributed by atoms with E-state index >= 15 is 0 Å². The molecule has 0 aliphatic rings. The maximum atomic E-state index is 11.9. The van der Waals surface area contributed by atoms with Crippen molar-refractivity contribution >= 4 is 11.6 Å². The fourth-order valence-corrected chi connectivity index (χ4v) is 2.22. The molecule has 1 atom stereocenters. The summed E-state index contributed by atoms with van der Waals surface area (Å²) in [5.74, 6) is -0.151. The van der Waals surface area contributed by atoms with E-state index in [0.717, 1.165) is 5.56 Å². The molecule has 25 heavy (non-hydrogen) atoms. The molecule has 3 heteroatoms. The highest BCUT2D eigenvalue weighted by molar-refractivity contribution is 5.99. The van der Waals surface area contributed by atoms with Gasteiger partial charge in [-0.25, -0.2) is 0 Å². The van der Waals surface area contributed by atoms with Crippen LogP contribution >= 0.6 is 0 Å². The highest BCUT2D eigenvalue weighted by Crippen LogP contribution is 2.17. The van der Waals surface area contributed by atoms with Gasteiger partial charge in [0.25, 0.3) is 0 Å². The summed E-state index contributed by atoms with van der Waals surface area (Å²) >= 11 is 0. The molecule has 0 radical (unpaired) electrons. The molecule has 0 aliphatic heterocycles. The highest BCUT2D eigenvalue weighted by atomic mass is 16.3. The van der Waals surface area contributed by atoms with E-state index in [-0.39, 0.29) is 11.6 Å². The maximum absolute atomic E-state index is 11.9. The number of benzene rings is 3. The van der Waals surface area contributed by atoms with Crippen molar-refractivity contribution in [1.82, 2.24) is 0 Å². The maximum Gasteiger partial charge on any atom is 0.195 e. The van der Waals surface area contributed by atoms with Crippen LogP contribution in [0.2, 0.25) is 0 Å². The SMILES string of the molecule is CC(=O)c1ccccc1.O=C(c1ccccc1)C(O)c1ccccc1. The van der Waals surface area contributed by atoms with Crippen LogP contribution in [0.5, 0.6) is 0 Å². The molecule has 0 saturated carbocycles.